The lowest BCUT2D eigenvalue weighted by atomic mass is 10.1. The van der Waals surface area contributed by atoms with E-state index in [0.29, 0.717) is 11.3 Å². The van der Waals surface area contributed by atoms with Gasteiger partial charge in [0.25, 0.3) is 5.91 Å². The van der Waals surface area contributed by atoms with Crippen LogP contribution in [0.1, 0.15) is 35.4 Å². The van der Waals surface area contributed by atoms with Crippen molar-refractivity contribution in [3.8, 4) is 5.75 Å². The first-order chi connectivity index (χ1) is 12.6. The maximum absolute atomic E-state index is 12.1. The number of amides is 1. The van der Waals surface area contributed by atoms with E-state index in [0.717, 1.165) is 40.7 Å². The van der Waals surface area contributed by atoms with E-state index < -0.39 is 0 Å². The molecule has 5 nitrogen and oxygen atoms in total. The first-order valence-electron chi connectivity index (χ1n) is 8.66. The second kappa shape index (κ2) is 6.96. The molecule has 3 aromatic rings. The van der Waals surface area contributed by atoms with Gasteiger partial charge in [0.1, 0.15) is 11.3 Å². The van der Waals surface area contributed by atoms with Crippen LogP contribution >= 0.6 is 11.3 Å². The van der Waals surface area contributed by atoms with E-state index in [1.165, 1.54) is 0 Å². The Morgan fingerprint density at radius 3 is 2.96 bits per heavy atom. The number of nitrogens with one attached hydrogen (secondary N) is 1. The van der Waals surface area contributed by atoms with Gasteiger partial charge in [-0.15, -0.1) is 11.3 Å². The number of carbonyl (C=O) groups excluding carboxylic acids is 1. The highest BCUT2D eigenvalue weighted by molar-refractivity contribution is 7.10. The number of ether oxygens (including phenoxy) is 1. The Kier molecular flexibility index (Phi) is 4.51. The Morgan fingerprint density at radius 1 is 1.31 bits per heavy atom. The smallest absolute Gasteiger partial charge is 0.339 e. The van der Waals surface area contributed by atoms with E-state index in [2.05, 4.69) is 5.32 Å². The third-order valence-corrected chi connectivity index (χ3v) is 5.72. The maximum Gasteiger partial charge on any atom is 0.339 e. The minimum atomic E-state index is -0.260. The van der Waals surface area contributed by atoms with Crippen molar-refractivity contribution in [1.82, 2.24) is 5.32 Å². The van der Waals surface area contributed by atoms with Crippen LogP contribution in [0.4, 0.5) is 0 Å². The molecule has 134 valence electrons. The number of hydrogen-bond acceptors (Lipinski definition) is 5. The molecular weight excluding hydrogens is 350 g/mol. The van der Waals surface area contributed by atoms with Gasteiger partial charge < -0.3 is 14.5 Å². The monoisotopic (exact) mass is 369 g/mol. The molecule has 0 saturated heterocycles. The minimum Gasteiger partial charge on any atom is -0.484 e. The van der Waals surface area contributed by atoms with Gasteiger partial charge in [0, 0.05) is 21.9 Å². The maximum atomic E-state index is 12.1. The fourth-order valence-corrected chi connectivity index (χ4v) is 4.13. The summed E-state index contributed by atoms with van der Waals surface area (Å²) in [6.07, 6.45) is 2.68. The Labute approximate surface area is 154 Å². The zero-order valence-corrected chi connectivity index (χ0v) is 15.2. The first kappa shape index (κ1) is 16.8. The van der Waals surface area contributed by atoms with Crippen molar-refractivity contribution in [3.05, 3.63) is 62.1 Å². The van der Waals surface area contributed by atoms with Crippen LogP contribution in [0.5, 0.6) is 5.75 Å². The van der Waals surface area contributed by atoms with Gasteiger partial charge in [0.15, 0.2) is 6.61 Å². The van der Waals surface area contributed by atoms with Crippen molar-refractivity contribution in [2.75, 3.05) is 6.61 Å². The van der Waals surface area contributed by atoms with Gasteiger partial charge in [-0.25, -0.2) is 4.79 Å². The van der Waals surface area contributed by atoms with E-state index in [1.807, 2.05) is 36.6 Å². The second-order valence-corrected chi connectivity index (χ2v) is 7.43. The standard InChI is InChI=1S/C20H19NO4S/c1-12(18-6-3-9-26-18)21-19(22)11-24-13-7-8-15-14-4-2-5-16(14)20(23)25-17(15)10-13/h3,6-10,12H,2,4-5,11H2,1H3,(H,21,22)/t12-/m1/s1. The lowest BCUT2D eigenvalue weighted by Crippen LogP contribution is -2.30. The van der Waals surface area contributed by atoms with Crippen LogP contribution in [0.25, 0.3) is 11.0 Å². The number of carbonyl (C=O) groups is 1. The zero-order chi connectivity index (χ0) is 18.1. The second-order valence-electron chi connectivity index (χ2n) is 6.45. The van der Waals surface area contributed by atoms with Crippen LogP contribution in [-0.2, 0) is 17.6 Å². The van der Waals surface area contributed by atoms with E-state index in [9.17, 15) is 9.59 Å². The third-order valence-electron chi connectivity index (χ3n) is 4.66. The molecule has 0 aliphatic heterocycles. The van der Waals surface area contributed by atoms with E-state index in [1.54, 1.807) is 17.4 Å². The number of hydrogen-bond donors (Lipinski definition) is 1. The Hall–Kier alpha value is -2.60. The van der Waals surface area contributed by atoms with Gasteiger partial charge in [-0.05, 0) is 55.3 Å². The molecule has 2 aromatic heterocycles. The topological polar surface area (TPSA) is 68.5 Å². The molecule has 1 atom stereocenters. The van der Waals surface area contributed by atoms with Crippen LogP contribution in [-0.4, -0.2) is 12.5 Å². The first-order valence-corrected chi connectivity index (χ1v) is 9.54. The number of benzene rings is 1. The molecular formula is C20H19NO4S. The van der Waals surface area contributed by atoms with Crippen molar-refractivity contribution in [3.63, 3.8) is 0 Å². The van der Waals surface area contributed by atoms with Crippen molar-refractivity contribution < 1.29 is 13.9 Å². The lowest BCUT2D eigenvalue weighted by molar-refractivity contribution is -0.123. The molecule has 0 bridgehead atoms. The number of rotatable bonds is 5. The molecule has 6 heteroatoms. The minimum absolute atomic E-state index is 0.0525. The number of aryl methyl sites for hydroxylation is 1. The molecule has 1 N–H and O–H groups in total. The predicted octanol–water partition coefficient (Wildman–Crippen LogP) is 3.60. The fraction of sp³-hybridized carbons (Fsp3) is 0.300. The van der Waals surface area contributed by atoms with E-state index in [-0.39, 0.29) is 24.2 Å². The number of thiophene rings is 1. The molecule has 0 spiro atoms. The highest BCUT2D eigenvalue weighted by Gasteiger charge is 2.19. The van der Waals surface area contributed by atoms with E-state index in [4.69, 9.17) is 9.15 Å². The zero-order valence-electron chi connectivity index (χ0n) is 14.4. The van der Waals surface area contributed by atoms with Crippen LogP contribution < -0.4 is 15.7 Å². The highest BCUT2D eigenvalue weighted by Crippen LogP contribution is 2.29. The van der Waals surface area contributed by atoms with Gasteiger partial charge in [-0.1, -0.05) is 6.07 Å². The molecule has 0 unspecified atom stereocenters. The largest absolute Gasteiger partial charge is 0.484 e. The molecule has 4 rings (SSSR count). The Bertz CT molecular complexity index is 1010. The summed E-state index contributed by atoms with van der Waals surface area (Å²) in [6, 6.07) is 9.30. The summed E-state index contributed by atoms with van der Waals surface area (Å²) in [4.78, 5) is 25.3. The van der Waals surface area contributed by atoms with Crippen LogP contribution in [0.15, 0.2) is 44.9 Å². The molecule has 1 aromatic carbocycles. The van der Waals surface area contributed by atoms with Crippen molar-refractivity contribution in [1.29, 1.82) is 0 Å². The van der Waals surface area contributed by atoms with Crippen molar-refractivity contribution >= 4 is 28.2 Å². The van der Waals surface area contributed by atoms with Gasteiger partial charge in [0.2, 0.25) is 0 Å². The lowest BCUT2D eigenvalue weighted by Gasteiger charge is -2.13. The third kappa shape index (κ3) is 3.24. The summed E-state index contributed by atoms with van der Waals surface area (Å²) in [5, 5.41) is 5.84. The summed E-state index contributed by atoms with van der Waals surface area (Å²) < 4.78 is 11.0. The Balaban J connectivity index is 1.45. The Morgan fingerprint density at radius 2 is 2.15 bits per heavy atom. The normalized spacial score (nSPS) is 14.2. The molecule has 0 fully saturated rings. The molecule has 0 saturated carbocycles. The van der Waals surface area contributed by atoms with Gasteiger partial charge in [-0.2, -0.15) is 0 Å². The fourth-order valence-electron chi connectivity index (χ4n) is 3.39. The molecule has 1 aliphatic rings. The van der Waals surface area contributed by atoms with Crippen molar-refractivity contribution in [2.45, 2.75) is 32.2 Å². The quantitative estimate of drug-likeness (QED) is 0.698. The van der Waals surface area contributed by atoms with Crippen LogP contribution in [0.2, 0.25) is 0 Å². The summed E-state index contributed by atoms with van der Waals surface area (Å²) in [6.45, 7) is 1.85. The molecule has 0 radical (unpaired) electrons. The summed E-state index contributed by atoms with van der Waals surface area (Å²) in [5.74, 6) is 0.318. The van der Waals surface area contributed by atoms with E-state index >= 15 is 0 Å². The average Bonchev–Trinajstić information content (AvgIpc) is 3.31. The SMILES string of the molecule is C[C@@H](NC(=O)COc1ccc2c3c(c(=O)oc2c1)CCC3)c1cccs1. The average molecular weight is 369 g/mol. The van der Waals surface area contributed by atoms with Gasteiger partial charge in [0.05, 0.1) is 6.04 Å². The van der Waals surface area contributed by atoms with Gasteiger partial charge >= 0.3 is 5.63 Å². The molecule has 2 heterocycles. The summed E-state index contributed by atoms with van der Waals surface area (Å²) in [5.41, 5.74) is 2.14. The molecule has 26 heavy (non-hydrogen) atoms. The molecule has 1 aliphatic carbocycles. The summed E-state index contributed by atoms with van der Waals surface area (Å²) in [7, 11) is 0. The highest BCUT2D eigenvalue weighted by atomic mass is 32.1. The van der Waals surface area contributed by atoms with Gasteiger partial charge in [-0.3, -0.25) is 4.79 Å². The molecule has 1 amide bonds. The summed E-state index contributed by atoms with van der Waals surface area (Å²) >= 11 is 1.60. The predicted molar refractivity (Wildman–Crippen MR) is 101 cm³/mol. The van der Waals surface area contributed by atoms with Crippen LogP contribution in [0, 0.1) is 0 Å². The van der Waals surface area contributed by atoms with Crippen molar-refractivity contribution in [2.24, 2.45) is 0 Å². The number of fused-ring (bicyclic) bond motifs is 3. The van der Waals surface area contributed by atoms with Crippen LogP contribution in [0.3, 0.4) is 0 Å².